The molecule has 0 amide bonds. The molecule has 4 heteroatoms. The van der Waals surface area contributed by atoms with Crippen LogP contribution in [0.15, 0.2) is 194 Å². The molecular formula is C54H32N2S2. The van der Waals surface area contributed by atoms with Crippen molar-refractivity contribution in [2.45, 2.75) is 0 Å². The summed E-state index contributed by atoms with van der Waals surface area (Å²) in [4.78, 5) is 0. The van der Waals surface area contributed by atoms with E-state index in [1.165, 1.54) is 118 Å². The number of aromatic nitrogens is 2. The van der Waals surface area contributed by atoms with Crippen molar-refractivity contribution in [1.29, 1.82) is 0 Å². The number of rotatable bonds is 4. The summed E-state index contributed by atoms with van der Waals surface area (Å²) in [6, 6.07) is 72.0. The normalized spacial score (nSPS) is 12.1. The number of para-hydroxylation sites is 1. The van der Waals surface area contributed by atoms with E-state index in [2.05, 4.69) is 203 Å². The summed E-state index contributed by atoms with van der Waals surface area (Å²) in [5, 5.41) is 10.3. The molecule has 9 aromatic carbocycles. The van der Waals surface area contributed by atoms with Crippen LogP contribution in [0.2, 0.25) is 0 Å². The van der Waals surface area contributed by atoms with E-state index in [0.29, 0.717) is 0 Å². The van der Waals surface area contributed by atoms with Crippen molar-refractivity contribution in [2.24, 2.45) is 0 Å². The molecule has 0 unspecified atom stereocenters. The highest BCUT2D eigenvalue weighted by Crippen LogP contribution is 2.43. The zero-order chi connectivity index (χ0) is 37.9. The standard InChI is InChI=1S/C54H32N2S2/c1-2-11-33(12-3-1)38-16-10-18-49-54(38)45-30-35(22-26-48(45)56(49)37-24-28-53-44(32-37)41-15-6-9-20-51(41)58-53)34-21-25-47-42(29-34)39-13-4-7-17-46(39)55(47)36-23-27-52-43(31-36)40-14-5-8-19-50(40)57-52/h1-32H. The quantitative estimate of drug-likeness (QED) is 0.169. The average molecular weight is 773 g/mol. The van der Waals surface area contributed by atoms with Crippen LogP contribution in [0, 0.1) is 0 Å². The van der Waals surface area contributed by atoms with Gasteiger partial charge in [-0.05, 0) is 107 Å². The largest absolute Gasteiger partial charge is 0.309 e. The summed E-state index contributed by atoms with van der Waals surface area (Å²) in [6.07, 6.45) is 0. The van der Waals surface area contributed by atoms with Crippen molar-refractivity contribution in [3.8, 4) is 33.6 Å². The van der Waals surface area contributed by atoms with Gasteiger partial charge in [0.1, 0.15) is 0 Å². The van der Waals surface area contributed by atoms with Crippen LogP contribution in [0.3, 0.4) is 0 Å². The van der Waals surface area contributed by atoms with Gasteiger partial charge in [-0.1, -0.05) is 109 Å². The van der Waals surface area contributed by atoms with E-state index in [0.717, 1.165) is 0 Å². The molecule has 13 aromatic rings. The van der Waals surface area contributed by atoms with Crippen LogP contribution in [0.1, 0.15) is 0 Å². The summed E-state index contributed by atoms with van der Waals surface area (Å²) in [5.41, 5.74) is 12.1. The molecule has 0 spiro atoms. The van der Waals surface area contributed by atoms with Crippen LogP contribution in [-0.2, 0) is 0 Å². The summed E-state index contributed by atoms with van der Waals surface area (Å²) >= 11 is 3.73. The predicted molar refractivity (Wildman–Crippen MR) is 252 cm³/mol. The molecule has 0 aliphatic carbocycles. The third kappa shape index (κ3) is 4.64. The molecule has 4 aromatic heterocycles. The molecule has 0 saturated heterocycles. The van der Waals surface area contributed by atoms with Crippen molar-refractivity contribution < 1.29 is 0 Å². The first-order valence-corrected chi connectivity index (χ1v) is 21.4. The third-order valence-corrected chi connectivity index (χ3v) is 14.4. The predicted octanol–water partition coefficient (Wildman–Crippen LogP) is 16.0. The minimum absolute atomic E-state index is 1.18. The first-order valence-electron chi connectivity index (χ1n) is 19.7. The second-order valence-electron chi connectivity index (χ2n) is 15.3. The molecule has 13 rings (SSSR count). The Kier molecular flexibility index (Phi) is 6.79. The molecule has 58 heavy (non-hydrogen) atoms. The summed E-state index contributed by atoms with van der Waals surface area (Å²) < 4.78 is 10.2. The van der Waals surface area contributed by atoms with Gasteiger partial charge in [0.15, 0.2) is 0 Å². The number of hydrogen-bond acceptors (Lipinski definition) is 2. The van der Waals surface area contributed by atoms with E-state index in [9.17, 15) is 0 Å². The highest BCUT2D eigenvalue weighted by Gasteiger charge is 2.19. The Morgan fingerprint density at radius 1 is 0.276 bits per heavy atom. The smallest absolute Gasteiger partial charge is 0.0547 e. The molecule has 0 atom stereocenters. The average Bonchev–Trinajstić information content (AvgIpc) is 4.03. The van der Waals surface area contributed by atoms with Crippen LogP contribution in [0.5, 0.6) is 0 Å². The Bertz CT molecular complexity index is 3800. The fraction of sp³-hybridized carbons (Fsp3) is 0. The molecule has 0 bridgehead atoms. The van der Waals surface area contributed by atoms with E-state index >= 15 is 0 Å². The molecule has 0 aliphatic rings. The SMILES string of the molecule is c1ccc(-c2cccc3c2c2cc(-c4ccc5c(c4)c4ccccc4n5-c4ccc5sc6ccccc6c5c4)ccc2n3-c2ccc3sc4ccccc4c3c2)cc1. The molecule has 0 fully saturated rings. The number of hydrogen-bond donors (Lipinski definition) is 0. The monoisotopic (exact) mass is 772 g/mol. The Morgan fingerprint density at radius 2 is 0.776 bits per heavy atom. The van der Waals surface area contributed by atoms with Gasteiger partial charge in [-0.15, -0.1) is 22.7 Å². The molecule has 0 N–H and O–H groups in total. The second-order valence-corrected chi connectivity index (χ2v) is 17.4. The second kappa shape index (κ2) is 12.3. The van der Waals surface area contributed by atoms with Gasteiger partial charge in [0.05, 0.1) is 22.1 Å². The summed E-state index contributed by atoms with van der Waals surface area (Å²) in [5.74, 6) is 0. The lowest BCUT2D eigenvalue weighted by Gasteiger charge is -2.10. The van der Waals surface area contributed by atoms with Crippen LogP contribution >= 0.6 is 22.7 Å². The van der Waals surface area contributed by atoms with E-state index in [1.54, 1.807) is 0 Å². The Labute approximate surface area is 341 Å². The van der Waals surface area contributed by atoms with Gasteiger partial charge in [-0.3, -0.25) is 0 Å². The molecule has 2 nitrogen and oxygen atoms in total. The van der Waals surface area contributed by atoms with E-state index in [-0.39, 0.29) is 0 Å². The topological polar surface area (TPSA) is 9.86 Å². The molecule has 0 radical (unpaired) electrons. The van der Waals surface area contributed by atoms with Gasteiger partial charge < -0.3 is 9.13 Å². The maximum Gasteiger partial charge on any atom is 0.0547 e. The summed E-state index contributed by atoms with van der Waals surface area (Å²) in [6.45, 7) is 0. The fourth-order valence-electron chi connectivity index (χ4n) is 9.52. The van der Waals surface area contributed by atoms with Crippen LogP contribution < -0.4 is 0 Å². The zero-order valence-corrected chi connectivity index (χ0v) is 32.8. The fourth-order valence-corrected chi connectivity index (χ4v) is 11.7. The van der Waals surface area contributed by atoms with Crippen molar-refractivity contribution in [3.63, 3.8) is 0 Å². The third-order valence-electron chi connectivity index (χ3n) is 12.1. The molecular weight excluding hydrogens is 741 g/mol. The van der Waals surface area contributed by atoms with E-state index in [1.807, 2.05) is 22.7 Å². The van der Waals surface area contributed by atoms with Crippen molar-refractivity contribution in [2.75, 3.05) is 0 Å². The number of thiophene rings is 2. The lowest BCUT2D eigenvalue weighted by Crippen LogP contribution is -1.94. The van der Waals surface area contributed by atoms with Crippen molar-refractivity contribution in [1.82, 2.24) is 9.13 Å². The highest BCUT2D eigenvalue weighted by atomic mass is 32.1. The van der Waals surface area contributed by atoms with Gasteiger partial charge in [-0.2, -0.15) is 0 Å². The lowest BCUT2D eigenvalue weighted by atomic mass is 9.97. The minimum Gasteiger partial charge on any atom is -0.309 e. The zero-order valence-electron chi connectivity index (χ0n) is 31.2. The molecule has 270 valence electrons. The van der Waals surface area contributed by atoms with Gasteiger partial charge in [-0.25, -0.2) is 0 Å². The maximum atomic E-state index is 2.47. The van der Waals surface area contributed by atoms with Crippen LogP contribution in [0.25, 0.3) is 118 Å². The number of benzene rings is 9. The van der Waals surface area contributed by atoms with Gasteiger partial charge in [0.2, 0.25) is 0 Å². The first-order chi connectivity index (χ1) is 28.7. The Morgan fingerprint density at radius 3 is 1.45 bits per heavy atom. The van der Waals surface area contributed by atoms with Crippen molar-refractivity contribution >= 4 is 107 Å². The summed E-state index contributed by atoms with van der Waals surface area (Å²) in [7, 11) is 0. The molecule has 4 heterocycles. The van der Waals surface area contributed by atoms with Crippen molar-refractivity contribution in [3.05, 3.63) is 194 Å². The molecule has 0 aliphatic heterocycles. The highest BCUT2D eigenvalue weighted by molar-refractivity contribution is 7.26. The van der Waals surface area contributed by atoms with Gasteiger partial charge in [0, 0.05) is 73.3 Å². The van der Waals surface area contributed by atoms with Gasteiger partial charge in [0.25, 0.3) is 0 Å². The number of nitrogens with zero attached hydrogens (tertiary/aromatic N) is 2. The Hall–Kier alpha value is -6.98. The first kappa shape index (κ1) is 32.1. The van der Waals surface area contributed by atoms with E-state index in [4.69, 9.17) is 0 Å². The van der Waals surface area contributed by atoms with Crippen LogP contribution in [0.4, 0.5) is 0 Å². The van der Waals surface area contributed by atoms with E-state index < -0.39 is 0 Å². The Balaban J connectivity index is 1.03. The van der Waals surface area contributed by atoms with Gasteiger partial charge >= 0.3 is 0 Å². The van der Waals surface area contributed by atoms with Crippen LogP contribution in [-0.4, -0.2) is 9.13 Å². The maximum absolute atomic E-state index is 2.47. The molecule has 0 saturated carbocycles. The lowest BCUT2D eigenvalue weighted by molar-refractivity contribution is 1.19. The minimum atomic E-state index is 1.18. The number of fused-ring (bicyclic) bond motifs is 12.